The lowest BCUT2D eigenvalue weighted by molar-refractivity contribution is -0.145. The number of phenolic OH excluding ortho intramolecular Hbond substituents is 1. The molecule has 3 nitrogen and oxygen atoms in total. The van der Waals surface area contributed by atoms with E-state index in [4.69, 9.17) is 11.6 Å². The van der Waals surface area contributed by atoms with Crippen LogP contribution in [0, 0.1) is 12.7 Å². The van der Waals surface area contributed by atoms with Gasteiger partial charge < -0.3 is 10.2 Å². The molecule has 0 unspecified atom stereocenters. The lowest BCUT2D eigenvalue weighted by Gasteiger charge is -2.35. The second-order valence-electron chi connectivity index (χ2n) is 5.14. The average molecular weight is 287 g/mol. The van der Waals surface area contributed by atoms with E-state index >= 15 is 0 Å². The van der Waals surface area contributed by atoms with Crippen molar-refractivity contribution in [2.75, 3.05) is 0 Å². The van der Waals surface area contributed by atoms with Crippen molar-refractivity contribution in [1.82, 2.24) is 0 Å². The number of carbonyl (C=O) groups is 1. The maximum absolute atomic E-state index is 13.7. The van der Waals surface area contributed by atoms with E-state index in [2.05, 4.69) is 0 Å². The van der Waals surface area contributed by atoms with E-state index in [0.717, 1.165) is 25.3 Å². The van der Waals surface area contributed by atoms with E-state index in [1.165, 1.54) is 0 Å². The molecule has 1 aromatic carbocycles. The van der Waals surface area contributed by atoms with Crippen molar-refractivity contribution in [2.24, 2.45) is 0 Å². The van der Waals surface area contributed by atoms with E-state index in [1.54, 1.807) is 6.92 Å². The van der Waals surface area contributed by atoms with Gasteiger partial charge in [0.15, 0.2) is 11.6 Å². The lowest BCUT2D eigenvalue weighted by Crippen LogP contribution is -2.38. The number of hydrogen-bond acceptors (Lipinski definition) is 2. The number of aromatic hydroxyl groups is 1. The molecule has 2 rings (SSSR count). The summed E-state index contributed by atoms with van der Waals surface area (Å²) in [5.74, 6) is -2.46. The molecule has 1 aliphatic rings. The van der Waals surface area contributed by atoms with Crippen molar-refractivity contribution >= 4 is 17.6 Å². The van der Waals surface area contributed by atoms with Gasteiger partial charge in [0.2, 0.25) is 0 Å². The molecule has 5 heteroatoms. The summed E-state index contributed by atoms with van der Waals surface area (Å²) >= 11 is 5.93. The monoisotopic (exact) mass is 286 g/mol. The summed E-state index contributed by atoms with van der Waals surface area (Å²) in [6.45, 7) is 1.62. The van der Waals surface area contributed by atoms with Crippen LogP contribution < -0.4 is 0 Å². The molecule has 0 saturated heterocycles. The normalized spacial score (nSPS) is 18.3. The van der Waals surface area contributed by atoms with Crippen LogP contribution in [-0.2, 0) is 10.2 Å². The van der Waals surface area contributed by atoms with Crippen LogP contribution >= 0.6 is 11.6 Å². The molecule has 1 saturated carbocycles. The zero-order valence-electron chi connectivity index (χ0n) is 10.7. The molecule has 0 aliphatic heterocycles. The summed E-state index contributed by atoms with van der Waals surface area (Å²) in [6.07, 6.45) is 3.25. The molecule has 0 amide bonds. The van der Waals surface area contributed by atoms with E-state index in [-0.39, 0.29) is 10.6 Å². The molecular weight excluding hydrogens is 271 g/mol. The Morgan fingerprint density at radius 1 is 1.37 bits per heavy atom. The Balaban J connectivity index is 2.70. The molecule has 1 fully saturated rings. The van der Waals surface area contributed by atoms with Gasteiger partial charge in [-0.25, -0.2) is 4.39 Å². The zero-order valence-corrected chi connectivity index (χ0v) is 11.4. The first-order chi connectivity index (χ1) is 8.90. The van der Waals surface area contributed by atoms with E-state index < -0.39 is 23.0 Å². The molecule has 19 heavy (non-hydrogen) atoms. The summed E-state index contributed by atoms with van der Waals surface area (Å²) in [5.41, 5.74) is -0.632. The number of carboxylic acid groups (broad SMARTS) is 1. The highest BCUT2D eigenvalue weighted by atomic mass is 35.5. The van der Waals surface area contributed by atoms with Gasteiger partial charge in [0, 0.05) is 10.6 Å². The first kappa shape index (κ1) is 14.1. The van der Waals surface area contributed by atoms with Crippen LogP contribution in [0.1, 0.15) is 43.2 Å². The van der Waals surface area contributed by atoms with Crippen LogP contribution in [0.3, 0.4) is 0 Å². The molecule has 1 aliphatic carbocycles. The van der Waals surface area contributed by atoms with Crippen LogP contribution in [0.25, 0.3) is 0 Å². The molecule has 2 N–H and O–H groups in total. The Bertz CT molecular complexity index is 496. The number of benzene rings is 1. The topological polar surface area (TPSA) is 57.5 Å². The van der Waals surface area contributed by atoms with Crippen LogP contribution in [0.5, 0.6) is 5.75 Å². The minimum absolute atomic E-state index is 0.143. The zero-order chi connectivity index (χ0) is 14.2. The Morgan fingerprint density at radius 2 is 1.95 bits per heavy atom. The van der Waals surface area contributed by atoms with Crippen molar-refractivity contribution in [3.63, 3.8) is 0 Å². The van der Waals surface area contributed by atoms with Gasteiger partial charge in [-0.2, -0.15) is 0 Å². The Labute approximate surface area is 116 Å². The molecule has 1 aromatic rings. The van der Waals surface area contributed by atoms with Gasteiger partial charge in [-0.15, -0.1) is 0 Å². The van der Waals surface area contributed by atoms with Crippen LogP contribution in [0.15, 0.2) is 6.07 Å². The second-order valence-corrected chi connectivity index (χ2v) is 5.54. The molecule has 0 atom stereocenters. The minimum atomic E-state index is -1.22. The fraction of sp³-hybridized carbons (Fsp3) is 0.500. The fourth-order valence-electron chi connectivity index (χ4n) is 3.02. The largest absolute Gasteiger partial charge is 0.505 e. The molecule has 0 radical (unpaired) electrons. The number of carboxylic acids is 1. The van der Waals surface area contributed by atoms with Gasteiger partial charge in [-0.3, -0.25) is 4.79 Å². The molecule has 0 bridgehead atoms. The van der Waals surface area contributed by atoms with Gasteiger partial charge in [-0.05, 0) is 31.4 Å². The van der Waals surface area contributed by atoms with Gasteiger partial charge >= 0.3 is 5.97 Å². The number of hydrogen-bond donors (Lipinski definition) is 2. The summed E-state index contributed by atoms with van der Waals surface area (Å²) in [6, 6.07) is 1.02. The Hall–Kier alpha value is -1.29. The molecule has 0 heterocycles. The van der Waals surface area contributed by atoms with Crippen LogP contribution in [0.2, 0.25) is 5.02 Å². The van der Waals surface area contributed by atoms with Crippen molar-refractivity contribution in [3.8, 4) is 5.75 Å². The van der Waals surface area contributed by atoms with E-state index in [0.29, 0.717) is 18.4 Å². The Kier molecular flexibility index (Phi) is 3.72. The van der Waals surface area contributed by atoms with Crippen LogP contribution in [0.4, 0.5) is 4.39 Å². The summed E-state index contributed by atoms with van der Waals surface area (Å²) in [5, 5.41) is 19.7. The average Bonchev–Trinajstić information content (AvgIpc) is 2.37. The summed E-state index contributed by atoms with van der Waals surface area (Å²) in [7, 11) is 0. The van der Waals surface area contributed by atoms with E-state index in [1.807, 2.05) is 0 Å². The molecule has 0 aromatic heterocycles. The van der Waals surface area contributed by atoms with Gasteiger partial charge in [-0.1, -0.05) is 30.9 Å². The Morgan fingerprint density at radius 3 is 2.47 bits per heavy atom. The SMILES string of the molecule is Cc1c(Cl)cc(F)c(O)c1C1(C(=O)O)CCCCC1. The third-order valence-corrected chi connectivity index (χ3v) is 4.44. The molecule has 0 spiro atoms. The highest BCUT2D eigenvalue weighted by Gasteiger charge is 2.45. The fourth-order valence-corrected chi connectivity index (χ4v) is 3.21. The molecule has 104 valence electrons. The van der Waals surface area contributed by atoms with Crippen LogP contribution in [-0.4, -0.2) is 16.2 Å². The lowest BCUT2D eigenvalue weighted by atomic mass is 9.68. The second kappa shape index (κ2) is 5.00. The predicted octanol–water partition coefficient (Wildman–Crippen LogP) is 3.78. The maximum Gasteiger partial charge on any atom is 0.314 e. The van der Waals surface area contributed by atoms with Crippen molar-refractivity contribution < 1.29 is 19.4 Å². The highest BCUT2D eigenvalue weighted by Crippen LogP contribution is 2.47. The smallest absolute Gasteiger partial charge is 0.314 e. The highest BCUT2D eigenvalue weighted by molar-refractivity contribution is 6.31. The predicted molar refractivity (Wildman–Crippen MR) is 70.2 cm³/mol. The summed E-state index contributed by atoms with van der Waals surface area (Å²) in [4.78, 5) is 11.7. The van der Waals surface area contributed by atoms with Gasteiger partial charge in [0.05, 0.1) is 5.41 Å². The number of aliphatic carboxylic acids is 1. The third-order valence-electron chi connectivity index (χ3n) is 4.04. The van der Waals surface area contributed by atoms with Crippen molar-refractivity contribution in [3.05, 3.63) is 28.0 Å². The van der Waals surface area contributed by atoms with E-state index in [9.17, 15) is 19.4 Å². The van der Waals surface area contributed by atoms with Gasteiger partial charge in [0.25, 0.3) is 0 Å². The molecular formula is C14H16ClFO3. The number of phenols is 1. The quantitative estimate of drug-likeness (QED) is 0.870. The standard InChI is InChI=1S/C14H16ClFO3/c1-8-9(15)7-10(16)12(17)11(8)14(13(18)19)5-3-2-4-6-14/h7,17H,2-6H2,1H3,(H,18,19). The summed E-state index contributed by atoms with van der Waals surface area (Å²) < 4.78 is 13.7. The van der Waals surface area contributed by atoms with Crippen molar-refractivity contribution in [1.29, 1.82) is 0 Å². The first-order valence-electron chi connectivity index (χ1n) is 6.31. The van der Waals surface area contributed by atoms with Gasteiger partial charge in [0.1, 0.15) is 0 Å². The number of halogens is 2. The maximum atomic E-state index is 13.7. The third kappa shape index (κ3) is 2.18. The first-order valence-corrected chi connectivity index (χ1v) is 6.69. The number of rotatable bonds is 2. The minimum Gasteiger partial charge on any atom is -0.505 e. The van der Waals surface area contributed by atoms with Crippen molar-refractivity contribution in [2.45, 2.75) is 44.4 Å².